The minimum Gasteiger partial charge on any atom is -0.493 e. The van der Waals surface area contributed by atoms with Crippen LogP contribution in [0.4, 0.5) is 5.69 Å². The zero-order chi connectivity index (χ0) is 22.4. The third-order valence-electron chi connectivity index (χ3n) is 4.29. The number of hydrogen-bond acceptors (Lipinski definition) is 6. The van der Waals surface area contributed by atoms with Gasteiger partial charge in [-0.3, -0.25) is 10.1 Å². The maximum Gasteiger partial charge on any atom is 0.343 e. The van der Waals surface area contributed by atoms with Gasteiger partial charge in [0.1, 0.15) is 5.02 Å². The Morgan fingerprint density at radius 1 is 1.06 bits per heavy atom. The van der Waals surface area contributed by atoms with Crippen molar-refractivity contribution in [1.29, 1.82) is 5.26 Å². The third kappa shape index (κ3) is 5.07. The molecule has 0 saturated heterocycles. The van der Waals surface area contributed by atoms with Crippen molar-refractivity contribution in [1.82, 2.24) is 0 Å². The molecule has 0 amide bonds. The number of nitro benzene ring substituents is 1. The Morgan fingerprint density at radius 2 is 1.81 bits per heavy atom. The number of esters is 1. The van der Waals surface area contributed by atoms with E-state index < -0.39 is 16.6 Å². The van der Waals surface area contributed by atoms with Gasteiger partial charge in [-0.2, -0.15) is 5.26 Å². The van der Waals surface area contributed by atoms with Gasteiger partial charge in [0, 0.05) is 6.07 Å². The van der Waals surface area contributed by atoms with Crippen molar-refractivity contribution in [3.8, 4) is 17.6 Å². The smallest absolute Gasteiger partial charge is 0.343 e. The lowest BCUT2D eigenvalue weighted by molar-refractivity contribution is -0.384. The number of carbonyl (C=O) groups is 1. The van der Waals surface area contributed by atoms with Crippen molar-refractivity contribution in [3.05, 3.63) is 98.6 Å². The molecular weight excluding hydrogens is 420 g/mol. The van der Waals surface area contributed by atoms with Crippen LogP contribution in [0.15, 0.2) is 66.7 Å². The van der Waals surface area contributed by atoms with E-state index in [9.17, 15) is 20.2 Å². The first kappa shape index (κ1) is 21.6. The summed E-state index contributed by atoms with van der Waals surface area (Å²) >= 11 is 5.78. The molecule has 0 bridgehead atoms. The Labute approximate surface area is 182 Å². The predicted molar refractivity (Wildman–Crippen MR) is 116 cm³/mol. The average molecular weight is 435 g/mol. The number of ether oxygens (including phenoxy) is 2. The average Bonchev–Trinajstić information content (AvgIpc) is 2.78. The number of methoxy groups -OCH3 is 1. The number of nitrogens with zero attached hydrogens (tertiary/aromatic N) is 2. The van der Waals surface area contributed by atoms with Gasteiger partial charge in [-0.1, -0.05) is 48.0 Å². The molecule has 0 aliphatic rings. The van der Waals surface area contributed by atoms with E-state index in [1.54, 1.807) is 18.2 Å². The van der Waals surface area contributed by atoms with Crippen LogP contribution in [0.1, 0.15) is 21.5 Å². The van der Waals surface area contributed by atoms with Gasteiger partial charge in [-0.15, -0.1) is 0 Å². The molecule has 0 aliphatic heterocycles. The van der Waals surface area contributed by atoms with E-state index >= 15 is 0 Å². The Hall–Kier alpha value is -4.15. The number of nitriles is 1. The monoisotopic (exact) mass is 434 g/mol. The molecule has 0 fully saturated rings. The lowest BCUT2D eigenvalue weighted by atomic mass is 10.0. The first-order valence-electron chi connectivity index (χ1n) is 8.94. The second kappa shape index (κ2) is 9.57. The number of rotatable bonds is 6. The maximum absolute atomic E-state index is 12.5. The van der Waals surface area contributed by atoms with Gasteiger partial charge in [-0.05, 0) is 41.5 Å². The van der Waals surface area contributed by atoms with E-state index in [0.29, 0.717) is 11.1 Å². The first-order chi connectivity index (χ1) is 14.9. The number of hydrogen-bond donors (Lipinski definition) is 0. The van der Waals surface area contributed by atoms with E-state index in [-0.39, 0.29) is 22.1 Å². The molecule has 3 aromatic rings. The molecule has 154 valence electrons. The van der Waals surface area contributed by atoms with Crippen LogP contribution in [0.2, 0.25) is 5.02 Å². The van der Waals surface area contributed by atoms with Gasteiger partial charge in [-0.25, -0.2) is 4.79 Å². The topological polar surface area (TPSA) is 102 Å². The lowest BCUT2D eigenvalue weighted by Gasteiger charge is -2.10. The van der Waals surface area contributed by atoms with Crippen LogP contribution in [0.3, 0.4) is 0 Å². The summed E-state index contributed by atoms with van der Waals surface area (Å²) < 4.78 is 10.7. The summed E-state index contributed by atoms with van der Waals surface area (Å²) in [5.41, 5.74) is 1.47. The maximum atomic E-state index is 12.5. The fourth-order valence-electron chi connectivity index (χ4n) is 2.76. The number of benzene rings is 3. The highest BCUT2D eigenvalue weighted by Gasteiger charge is 2.19. The molecule has 0 unspecified atom stereocenters. The number of carbonyl (C=O) groups excluding carboxylic acids is 1. The Bertz CT molecular complexity index is 1220. The number of allylic oxidation sites excluding steroid dienone is 1. The minimum atomic E-state index is -0.802. The van der Waals surface area contributed by atoms with Gasteiger partial charge in [0.05, 0.1) is 29.2 Å². The molecule has 0 N–H and O–H groups in total. The summed E-state index contributed by atoms with van der Waals surface area (Å²) in [6.07, 6.45) is 1.69. The van der Waals surface area contributed by atoms with Gasteiger partial charge in [0.15, 0.2) is 11.5 Å². The molecule has 3 rings (SSSR count). The number of halogens is 1. The van der Waals surface area contributed by atoms with Crippen molar-refractivity contribution in [2.45, 2.75) is 0 Å². The van der Waals surface area contributed by atoms with E-state index in [1.165, 1.54) is 25.3 Å². The number of nitro groups is 1. The van der Waals surface area contributed by atoms with Crippen molar-refractivity contribution in [2.24, 2.45) is 0 Å². The summed E-state index contributed by atoms with van der Waals surface area (Å²) in [6.45, 7) is 0. The summed E-state index contributed by atoms with van der Waals surface area (Å²) in [5.74, 6) is -0.417. The van der Waals surface area contributed by atoms with E-state index in [2.05, 4.69) is 6.07 Å². The minimum absolute atomic E-state index is 0.0297. The molecule has 31 heavy (non-hydrogen) atoms. The Morgan fingerprint density at radius 3 is 2.45 bits per heavy atom. The largest absolute Gasteiger partial charge is 0.493 e. The molecule has 0 radical (unpaired) electrons. The van der Waals surface area contributed by atoms with Crippen LogP contribution < -0.4 is 9.47 Å². The standard InChI is InChI=1S/C23H15ClN2O5/c1-30-22-12-15(11-18(14-25)16-5-3-2-4-6-16)7-10-21(22)31-23(27)17-8-9-19(24)20(13-17)26(28)29/h2-13H,1H3/b18-11+. The Kier molecular flexibility index (Phi) is 6.65. The lowest BCUT2D eigenvalue weighted by Crippen LogP contribution is -2.10. The van der Waals surface area contributed by atoms with Crippen LogP contribution in [-0.2, 0) is 0 Å². The van der Waals surface area contributed by atoms with Crippen LogP contribution in [-0.4, -0.2) is 18.0 Å². The van der Waals surface area contributed by atoms with Crippen LogP contribution in [0, 0.1) is 21.4 Å². The molecule has 8 heteroatoms. The molecule has 0 aromatic heterocycles. The van der Waals surface area contributed by atoms with Gasteiger partial charge >= 0.3 is 5.97 Å². The molecule has 0 aliphatic carbocycles. The van der Waals surface area contributed by atoms with Crippen molar-refractivity contribution in [3.63, 3.8) is 0 Å². The molecule has 0 atom stereocenters. The zero-order valence-corrected chi connectivity index (χ0v) is 17.0. The second-order valence-corrected chi connectivity index (χ2v) is 6.67. The SMILES string of the molecule is COc1cc(/C=C(\C#N)c2ccccc2)ccc1OC(=O)c1ccc(Cl)c([N+](=O)[O-])c1. The summed E-state index contributed by atoms with van der Waals surface area (Å²) in [6, 6.07) is 19.8. The highest BCUT2D eigenvalue weighted by atomic mass is 35.5. The zero-order valence-electron chi connectivity index (χ0n) is 16.2. The molecular formula is C23H15ClN2O5. The van der Waals surface area contributed by atoms with Crippen LogP contribution in [0.25, 0.3) is 11.6 Å². The van der Waals surface area contributed by atoms with E-state index in [0.717, 1.165) is 11.6 Å². The molecule has 7 nitrogen and oxygen atoms in total. The molecule has 0 saturated carbocycles. The summed E-state index contributed by atoms with van der Waals surface area (Å²) in [5, 5.41) is 20.4. The van der Waals surface area contributed by atoms with Crippen LogP contribution >= 0.6 is 11.6 Å². The van der Waals surface area contributed by atoms with E-state index in [1.807, 2.05) is 30.3 Å². The molecule has 0 heterocycles. The van der Waals surface area contributed by atoms with Crippen LogP contribution in [0.5, 0.6) is 11.5 Å². The van der Waals surface area contributed by atoms with Gasteiger partial charge in [0.2, 0.25) is 0 Å². The summed E-state index contributed by atoms with van der Waals surface area (Å²) in [4.78, 5) is 22.8. The van der Waals surface area contributed by atoms with Gasteiger partial charge < -0.3 is 9.47 Å². The summed E-state index contributed by atoms with van der Waals surface area (Å²) in [7, 11) is 1.41. The third-order valence-corrected chi connectivity index (χ3v) is 4.60. The highest BCUT2D eigenvalue weighted by molar-refractivity contribution is 6.32. The second-order valence-electron chi connectivity index (χ2n) is 6.26. The van der Waals surface area contributed by atoms with Crippen molar-refractivity contribution >= 4 is 34.9 Å². The fourth-order valence-corrected chi connectivity index (χ4v) is 2.95. The first-order valence-corrected chi connectivity index (χ1v) is 9.32. The predicted octanol–water partition coefficient (Wildman–Crippen LogP) is 5.54. The normalized spacial score (nSPS) is 10.8. The molecule has 0 spiro atoms. The van der Waals surface area contributed by atoms with Crippen molar-refractivity contribution < 1.29 is 19.2 Å². The van der Waals surface area contributed by atoms with E-state index in [4.69, 9.17) is 21.1 Å². The molecule has 3 aromatic carbocycles. The van der Waals surface area contributed by atoms with Crippen molar-refractivity contribution in [2.75, 3.05) is 7.11 Å². The highest BCUT2D eigenvalue weighted by Crippen LogP contribution is 2.31. The Balaban J connectivity index is 1.88. The fraction of sp³-hybridized carbons (Fsp3) is 0.0435. The van der Waals surface area contributed by atoms with Gasteiger partial charge in [0.25, 0.3) is 5.69 Å². The quantitative estimate of drug-likeness (QED) is 0.126.